The molecule has 0 aromatic heterocycles. The number of Topliss-reactive ketones (excluding diaryl/α,β-unsaturated/α-hetero) is 1. The van der Waals surface area contributed by atoms with Gasteiger partial charge >= 0.3 is 0 Å². The van der Waals surface area contributed by atoms with Crippen molar-refractivity contribution in [2.75, 3.05) is 0 Å². The molecule has 98 valence electrons. The minimum atomic E-state index is 0.493. The van der Waals surface area contributed by atoms with Gasteiger partial charge in [0.25, 0.3) is 0 Å². The van der Waals surface area contributed by atoms with Gasteiger partial charge in [0.1, 0.15) is 5.78 Å². The maximum Gasteiger partial charge on any atom is 0.132 e. The van der Waals surface area contributed by atoms with Crippen molar-refractivity contribution >= 4 is 5.78 Å². The summed E-state index contributed by atoms with van der Waals surface area (Å²) in [7, 11) is 0. The van der Waals surface area contributed by atoms with Gasteiger partial charge in [0.15, 0.2) is 0 Å². The third kappa shape index (κ3) is 9.14. The highest BCUT2D eigenvalue weighted by Gasteiger charge is 2.01. The summed E-state index contributed by atoms with van der Waals surface area (Å²) < 4.78 is 0. The molecule has 0 atom stereocenters. The van der Waals surface area contributed by atoms with Crippen molar-refractivity contribution in [2.24, 2.45) is 0 Å². The van der Waals surface area contributed by atoms with E-state index in [0.29, 0.717) is 5.78 Å². The SMILES string of the molecule is O=C1CCCCC/C=C\CCCCCCCC1. The molecule has 0 unspecified atom stereocenters. The first kappa shape index (κ1) is 14.5. The zero-order valence-electron chi connectivity index (χ0n) is 11.3. The Bertz CT molecular complexity index is 218. The summed E-state index contributed by atoms with van der Waals surface area (Å²) in [4.78, 5) is 11.6. The molecule has 1 heteroatoms. The standard InChI is InChI=1S/C16H28O/c17-16-14-12-10-8-6-4-2-1-3-5-7-9-11-13-15-16/h2,4H,1,3,5-15H2/b4-2-. The third-order valence-electron chi connectivity index (χ3n) is 3.57. The van der Waals surface area contributed by atoms with Gasteiger partial charge in [-0.05, 0) is 38.5 Å². The van der Waals surface area contributed by atoms with Crippen molar-refractivity contribution in [3.8, 4) is 0 Å². The monoisotopic (exact) mass is 236 g/mol. The van der Waals surface area contributed by atoms with Crippen molar-refractivity contribution < 1.29 is 4.79 Å². The van der Waals surface area contributed by atoms with E-state index in [2.05, 4.69) is 12.2 Å². The van der Waals surface area contributed by atoms with Gasteiger partial charge < -0.3 is 0 Å². The van der Waals surface area contributed by atoms with Crippen LogP contribution in [0.3, 0.4) is 0 Å². The van der Waals surface area contributed by atoms with Crippen LogP contribution < -0.4 is 0 Å². The Morgan fingerprint density at radius 2 is 1.00 bits per heavy atom. The minimum absolute atomic E-state index is 0.493. The lowest BCUT2D eigenvalue weighted by Crippen LogP contribution is -1.97. The largest absolute Gasteiger partial charge is 0.300 e. The summed E-state index contributed by atoms with van der Waals surface area (Å²) in [6.07, 6.45) is 20.1. The lowest BCUT2D eigenvalue weighted by Gasteiger charge is -2.03. The smallest absolute Gasteiger partial charge is 0.132 e. The highest BCUT2D eigenvalue weighted by Crippen LogP contribution is 2.12. The van der Waals surface area contributed by atoms with E-state index in [1.54, 1.807) is 0 Å². The summed E-state index contributed by atoms with van der Waals surface area (Å²) in [5.41, 5.74) is 0. The van der Waals surface area contributed by atoms with Gasteiger partial charge in [-0.15, -0.1) is 0 Å². The van der Waals surface area contributed by atoms with Gasteiger partial charge in [0.05, 0.1) is 0 Å². The lowest BCUT2D eigenvalue weighted by molar-refractivity contribution is -0.119. The first-order valence-corrected chi connectivity index (χ1v) is 7.56. The fraction of sp³-hybridized carbons (Fsp3) is 0.812. The molecule has 0 fully saturated rings. The number of rotatable bonds is 0. The van der Waals surface area contributed by atoms with Crippen LogP contribution in [0.15, 0.2) is 12.2 Å². The molecule has 0 amide bonds. The van der Waals surface area contributed by atoms with E-state index in [4.69, 9.17) is 0 Å². The summed E-state index contributed by atoms with van der Waals surface area (Å²) in [5.74, 6) is 0.493. The maximum atomic E-state index is 11.6. The molecule has 1 aliphatic rings. The zero-order valence-corrected chi connectivity index (χ0v) is 11.3. The molecule has 17 heavy (non-hydrogen) atoms. The maximum absolute atomic E-state index is 11.6. The van der Waals surface area contributed by atoms with E-state index >= 15 is 0 Å². The highest BCUT2D eigenvalue weighted by molar-refractivity contribution is 5.78. The van der Waals surface area contributed by atoms with Gasteiger partial charge in [-0.3, -0.25) is 4.79 Å². The van der Waals surface area contributed by atoms with Crippen molar-refractivity contribution in [3.05, 3.63) is 12.2 Å². The molecular weight excluding hydrogens is 208 g/mol. The summed E-state index contributed by atoms with van der Waals surface area (Å²) in [5, 5.41) is 0. The second kappa shape index (κ2) is 10.6. The predicted octanol–water partition coefficient (Wildman–Crippen LogP) is 5.20. The average molecular weight is 236 g/mol. The molecule has 0 heterocycles. The molecule has 1 rings (SSSR count). The molecule has 0 aromatic carbocycles. The van der Waals surface area contributed by atoms with Crippen LogP contribution in [-0.2, 0) is 4.79 Å². The van der Waals surface area contributed by atoms with E-state index in [0.717, 1.165) is 25.7 Å². The Hall–Kier alpha value is -0.590. The topological polar surface area (TPSA) is 17.1 Å². The Morgan fingerprint density at radius 1 is 0.588 bits per heavy atom. The van der Waals surface area contributed by atoms with Crippen LogP contribution in [0.5, 0.6) is 0 Å². The minimum Gasteiger partial charge on any atom is -0.300 e. The highest BCUT2D eigenvalue weighted by atomic mass is 16.1. The van der Waals surface area contributed by atoms with E-state index in [1.807, 2.05) is 0 Å². The molecule has 0 aromatic rings. The van der Waals surface area contributed by atoms with Crippen molar-refractivity contribution in [3.63, 3.8) is 0 Å². The van der Waals surface area contributed by atoms with E-state index in [-0.39, 0.29) is 0 Å². The molecular formula is C16H28O. The van der Waals surface area contributed by atoms with Crippen LogP contribution in [0, 0.1) is 0 Å². The van der Waals surface area contributed by atoms with Crippen molar-refractivity contribution in [1.82, 2.24) is 0 Å². The summed E-state index contributed by atoms with van der Waals surface area (Å²) >= 11 is 0. The van der Waals surface area contributed by atoms with Crippen LogP contribution >= 0.6 is 0 Å². The zero-order chi connectivity index (χ0) is 12.2. The van der Waals surface area contributed by atoms with Gasteiger partial charge in [-0.1, -0.05) is 44.3 Å². The Morgan fingerprint density at radius 3 is 1.59 bits per heavy atom. The number of hydrogen-bond acceptors (Lipinski definition) is 1. The molecule has 1 aliphatic carbocycles. The lowest BCUT2D eigenvalue weighted by atomic mass is 10.0. The number of hydrogen-bond donors (Lipinski definition) is 0. The van der Waals surface area contributed by atoms with Gasteiger partial charge in [-0.25, -0.2) is 0 Å². The molecule has 0 bridgehead atoms. The summed E-state index contributed by atoms with van der Waals surface area (Å²) in [6, 6.07) is 0. The molecule has 0 saturated carbocycles. The van der Waals surface area contributed by atoms with E-state index < -0.39 is 0 Å². The number of allylic oxidation sites excluding steroid dienone is 2. The molecule has 0 N–H and O–H groups in total. The normalized spacial score (nSPS) is 24.4. The molecule has 0 aliphatic heterocycles. The third-order valence-corrected chi connectivity index (χ3v) is 3.57. The molecule has 0 saturated heterocycles. The predicted molar refractivity (Wildman–Crippen MR) is 74.2 cm³/mol. The van der Waals surface area contributed by atoms with Crippen molar-refractivity contribution in [1.29, 1.82) is 0 Å². The van der Waals surface area contributed by atoms with Crippen LogP contribution in [0.4, 0.5) is 0 Å². The van der Waals surface area contributed by atoms with Crippen LogP contribution in [0.2, 0.25) is 0 Å². The average Bonchev–Trinajstić information content (AvgIpc) is 2.32. The second-order valence-corrected chi connectivity index (χ2v) is 5.27. The van der Waals surface area contributed by atoms with Gasteiger partial charge in [-0.2, -0.15) is 0 Å². The molecule has 0 radical (unpaired) electrons. The quantitative estimate of drug-likeness (QED) is 0.528. The number of carbonyl (C=O) groups excluding carboxylic acids is 1. The fourth-order valence-corrected chi connectivity index (χ4v) is 2.41. The molecule has 0 spiro atoms. The van der Waals surface area contributed by atoms with Crippen LogP contribution in [-0.4, -0.2) is 5.78 Å². The first-order valence-electron chi connectivity index (χ1n) is 7.56. The van der Waals surface area contributed by atoms with Gasteiger partial charge in [0, 0.05) is 12.8 Å². The molecule has 1 nitrogen and oxygen atoms in total. The second-order valence-electron chi connectivity index (χ2n) is 5.27. The number of ketones is 1. The Kier molecular flexibility index (Phi) is 8.99. The Labute approximate surface area is 107 Å². The van der Waals surface area contributed by atoms with E-state index in [9.17, 15) is 4.79 Å². The summed E-state index contributed by atoms with van der Waals surface area (Å²) in [6.45, 7) is 0. The fourth-order valence-electron chi connectivity index (χ4n) is 2.41. The van der Waals surface area contributed by atoms with Crippen molar-refractivity contribution in [2.45, 2.75) is 83.5 Å². The first-order chi connectivity index (χ1) is 8.39. The van der Waals surface area contributed by atoms with E-state index in [1.165, 1.54) is 57.8 Å². The number of carbonyl (C=O) groups is 1. The Balaban J connectivity index is 2.18. The van der Waals surface area contributed by atoms with Crippen LogP contribution in [0.25, 0.3) is 0 Å². The van der Waals surface area contributed by atoms with Gasteiger partial charge in [0.2, 0.25) is 0 Å². The van der Waals surface area contributed by atoms with Crippen LogP contribution in [0.1, 0.15) is 83.5 Å².